The summed E-state index contributed by atoms with van der Waals surface area (Å²) in [6, 6.07) is 3.72. The second kappa shape index (κ2) is 3.02. The molecule has 1 rings (SSSR count). The first-order valence-electron chi connectivity index (χ1n) is 3.36. The molecule has 1 heteroatoms. The lowest BCUT2D eigenvalue weighted by Crippen LogP contribution is -1.79. The molecule has 1 aromatic rings. The minimum atomic E-state index is 0.349. The van der Waals surface area contributed by atoms with Gasteiger partial charge in [0.25, 0.3) is 0 Å². The molecule has 9 heavy (non-hydrogen) atoms. The van der Waals surface area contributed by atoms with Gasteiger partial charge < -0.3 is 0 Å². The largest absolute Gasteiger partial charge is 0.264 e. The Hall–Kier alpha value is -1.11. The van der Waals surface area contributed by atoms with Gasteiger partial charge in [0.1, 0.15) is 0 Å². The second-order valence-corrected chi connectivity index (χ2v) is 1.77. The van der Waals surface area contributed by atoms with Crippen LogP contribution in [0.5, 0.6) is 0 Å². The highest BCUT2D eigenvalue weighted by Crippen LogP contribution is 1.95. The van der Waals surface area contributed by atoms with Crippen molar-refractivity contribution in [2.24, 2.45) is 0 Å². The molecule has 0 aromatic carbocycles. The molecule has 1 aromatic heterocycles. The van der Waals surface area contributed by atoms with E-state index < -0.39 is 0 Å². The monoisotopic (exact) mass is 120 g/mol. The van der Waals surface area contributed by atoms with Crippen LogP contribution in [0.15, 0.2) is 37.2 Å². The lowest BCUT2D eigenvalue weighted by molar-refractivity contribution is 1.19. The minimum Gasteiger partial charge on any atom is -0.264 e. The normalized spacial score (nSPS) is 10.4. The van der Waals surface area contributed by atoms with E-state index in [2.05, 4.69) is 11.6 Å². The highest BCUT2D eigenvalue weighted by molar-refractivity contribution is 5.11. The fourth-order valence-electron chi connectivity index (χ4n) is 0.629. The van der Waals surface area contributed by atoms with Crippen molar-refractivity contribution in [1.29, 1.82) is 0 Å². The lowest BCUT2D eigenvalue weighted by atomic mass is 10.2. The molecule has 1 nitrogen and oxygen atoms in total. The van der Waals surface area contributed by atoms with Gasteiger partial charge >= 0.3 is 0 Å². The molecule has 0 atom stereocenters. The van der Waals surface area contributed by atoms with Gasteiger partial charge in [-0.05, 0) is 18.1 Å². The van der Waals surface area contributed by atoms with Crippen LogP contribution < -0.4 is 0 Å². The third kappa shape index (κ3) is 1.68. The standard InChI is InChI=1S/C8H9N/c1-2-4-8-5-3-6-9-7-8/h2-3,5-7H,1,4H2/i7D. The van der Waals surface area contributed by atoms with Crippen LogP contribution in [0.4, 0.5) is 0 Å². The maximum atomic E-state index is 7.32. The van der Waals surface area contributed by atoms with Crippen LogP contribution >= 0.6 is 0 Å². The first-order chi connectivity index (χ1) is 4.84. The van der Waals surface area contributed by atoms with Gasteiger partial charge in [0.2, 0.25) is 0 Å². The van der Waals surface area contributed by atoms with Gasteiger partial charge in [-0.3, -0.25) is 4.98 Å². The first kappa shape index (κ1) is 4.74. The van der Waals surface area contributed by atoms with Crippen molar-refractivity contribution >= 4 is 0 Å². The molecule has 0 saturated carbocycles. The molecule has 0 saturated heterocycles. The van der Waals surface area contributed by atoms with Crippen molar-refractivity contribution in [2.75, 3.05) is 0 Å². The SMILES string of the molecule is [2H]c1ncccc1CC=C. The van der Waals surface area contributed by atoms with Gasteiger partial charge in [0, 0.05) is 12.4 Å². The average Bonchev–Trinajstić information content (AvgIpc) is 1.94. The topological polar surface area (TPSA) is 12.9 Å². The third-order valence-electron chi connectivity index (χ3n) is 1.03. The smallest absolute Gasteiger partial charge is 0.0843 e. The molecule has 0 radical (unpaired) electrons. The number of pyridine rings is 1. The Bertz CT molecular complexity index is 232. The molecule has 0 amide bonds. The van der Waals surface area contributed by atoms with Gasteiger partial charge in [-0.25, -0.2) is 0 Å². The van der Waals surface area contributed by atoms with E-state index >= 15 is 0 Å². The van der Waals surface area contributed by atoms with Crippen molar-refractivity contribution in [2.45, 2.75) is 6.42 Å². The van der Waals surface area contributed by atoms with Crippen LogP contribution in [0.3, 0.4) is 0 Å². The molecule has 0 aliphatic rings. The summed E-state index contributed by atoms with van der Waals surface area (Å²) in [4.78, 5) is 3.82. The number of hydrogen-bond donors (Lipinski definition) is 0. The minimum absolute atomic E-state index is 0.349. The Morgan fingerprint density at radius 3 is 3.44 bits per heavy atom. The fraction of sp³-hybridized carbons (Fsp3) is 0.125. The zero-order valence-corrected chi connectivity index (χ0v) is 5.17. The van der Waals surface area contributed by atoms with Crippen LogP contribution in [0.2, 0.25) is 0 Å². The summed E-state index contributed by atoms with van der Waals surface area (Å²) in [5.74, 6) is 0. The van der Waals surface area contributed by atoms with Crippen molar-refractivity contribution in [3.8, 4) is 0 Å². The molecular formula is C8H9N. The summed E-state index contributed by atoms with van der Waals surface area (Å²) in [7, 11) is 0. The Morgan fingerprint density at radius 2 is 2.78 bits per heavy atom. The zero-order chi connectivity index (χ0) is 7.40. The number of aromatic nitrogens is 1. The predicted octanol–water partition coefficient (Wildman–Crippen LogP) is 1.81. The van der Waals surface area contributed by atoms with Gasteiger partial charge in [0.15, 0.2) is 0 Å². The lowest BCUT2D eigenvalue weighted by Gasteiger charge is -1.90. The van der Waals surface area contributed by atoms with Crippen LogP contribution in [0, 0.1) is 0 Å². The second-order valence-electron chi connectivity index (χ2n) is 1.77. The quantitative estimate of drug-likeness (QED) is 0.542. The van der Waals surface area contributed by atoms with Gasteiger partial charge in [-0.2, -0.15) is 0 Å². The van der Waals surface area contributed by atoms with Crippen LogP contribution in [-0.4, -0.2) is 4.98 Å². The third-order valence-corrected chi connectivity index (χ3v) is 1.03. The Kier molecular flexibility index (Phi) is 1.59. The number of rotatable bonds is 2. The van der Waals surface area contributed by atoms with Crippen molar-refractivity contribution < 1.29 is 1.37 Å². The van der Waals surface area contributed by atoms with Gasteiger partial charge in [-0.1, -0.05) is 12.1 Å². The van der Waals surface area contributed by atoms with Crippen molar-refractivity contribution in [3.63, 3.8) is 0 Å². The average molecular weight is 120 g/mol. The van der Waals surface area contributed by atoms with E-state index in [1.54, 1.807) is 12.3 Å². The van der Waals surface area contributed by atoms with Crippen molar-refractivity contribution in [3.05, 3.63) is 42.7 Å². The number of allylic oxidation sites excluding steroid dienone is 1. The summed E-state index contributed by atoms with van der Waals surface area (Å²) in [5.41, 5.74) is 0.928. The van der Waals surface area contributed by atoms with E-state index in [1.165, 1.54) is 0 Å². The summed E-state index contributed by atoms with van der Waals surface area (Å²) in [6.45, 7) is 3.59. The maximum Gasteiger partial charge on any atom is 0.0843 e. The molecule has 0 bridgehead atoms. The van der Waals surface area contributed by atoms with Gasteiger partial charge in [-0.15, -0.1) is 6.58 Å². The highest BCUT2D eigenvalue weighted by Gasteiger charge is 1.83. The van der Waals surface area contributed by atoms with E-state index in [4.69, 9.17) is 1.37 Å². The predicted molar refractivity (Wildman–Crippen MR) is 38.1 cm³/mol. The maximum absolute atomic E-state index is 7.32. The summed E-state index contributed by atoms with van der Waals surface area (Å²) >= 11 is 0. The van der Waals surface area contributed by atoms with E-state index in [1.807, 2.05) is 12.1 Å². The molecule has 0 N–H and O–H groups in total. The molecule has 0 unspecified atom stereocenters. The van der Waals surface area contributed by atoms with E-state index in [0.29, 0.717) is 6.17 Å². The number of nitrogens with zero attached hydrogens (tertiary/aromatic N) is 1. The zero-order valence-electron chi connectivity index (χ0n) is 6.17. The molecule has 0 aliphatic heterocycles. The summed E-state index contributed by atoms with van der Waals surface area (Å²) in [5, 5.41) is 0. The first-order valence-corrected chi connectivity index (χ1v) is 2.86. The molecule has 46 valence electrons. The Balaban J connectivity index is 2.91. The molecule has 1 heterocycles. The Labute approximate surface area is 56.5 Å². The van der Waals surface area contributed by atoms with E-state index in [0.717, 1.165) is 12.0 Å². The van der Waals surface area contributed by atoms with E-state index in [-0.39, 0.29) is 0 Å². The number of hydrogen-bond acceptors (Lipinski definition) is 1. The van der Waals surface area contributed by atoms with Crippen LogP contribution in [-0.2, 0) is 6.42 Å². The summed E-state index contributed by atoms with van der Waals surface area (Å²) in [6.07, 6.45) is 4.47. The van der Waals surface area contributed by atoms with Gasteiger partial charge in [0.05, 0.1) is 1.37 Å². The molecule has 0 fully saturated rings. The summed E-state index contributed by atoms with van der Waals surface area (Å²) < 4.78 is 7.32. The molecular weight excluding hydrogens is 110 g/mol. The Morgan fingerprint density at radius 1 is 1.89 bits per heavy atom. The van der Waals surface area contributed by atoms with Crippen LogP contribution in [0.25, 0.3) is 0 Å². The highest BCUT2D eigenvalue weighted by atomic mass is 14.6. The van der Waals surface area contributed by atoms with Crippen LogP contribution in [0.1, 0.15) is 6.93 Å². The fourth-order valence-corrected chi connectivity index (χ4v) is 0.629. The van der Waals surface area contributed by atoms with E-state index in [9.17, 15) is 0 Å². The molecule has 0 aliphatic carbocycles. The van der Waals surface area contributed by atoms with Crippen molar-refractivity contribution in [1.82, 2.24) is 4.98 Å². The molecule has 0 spiro atoms.